The number of aryl methyl sites for hydroxylation is 1. The number of fused-ring (bicyclic) bond motifs is 1. The van der Waals surface area contributed by atoms with Gasteiger partial charge in [-0.1, -0.05) is 24.3 Å². The number of nitrogens with one attached hydrogen (secondary N) is 1. The second-order valence-corrected chi connectivity index (χ2v) is 4.96. The molecule has 0 amide bonds. The molecule has 0 radical (unpaired) electrons. The van der Waals surface area contributed by atoms with E-state index in [4.69, 9.17) is 0 Å². The maximum Gasteiger partial charge on any atom is 0.156 e. The largest absolute Gasteiger partial charge is 0.362 e. The van der Waals surface area contributed by atoms with Gasteiger partial charge in [-0.2, -0.15) is 5.10 Å². The third-order valence-corrected chi connectivity index (χ3v) is 3.61. The average molecular weight is 256 g/mol. The Labute approximate surface area is 109 Å². The normalized spacial score (nSPS) is 10.7. The zero-order chi connectivity index (χ0) is 12.4. The van der Waals surface area contributed by atoms with Crippen LogP contribution in [0, 0.1) is 6.92 Å². The minimum Gasteiger partial charge on any atom is -0.362 e. The smallest absolute Gasteiger partial charge is 0.156 e. The van der Waals surface area contributed by atoms with Gasteiger partial charge in [0.15, 0.2) is 5.82 Å². The van der Waals surface area contributed by atoms with Crippen LogP contribution in [0.1, 0.15) is 10.7 Å². The highest BCUT2D eigenvalue weighted by Crippen LogP contribution is 2.20. The maximum atomic E-state index is 4.41. The lowest BCUT2D eigenvalue weighted by Gasteiger charge is -2.05. The molecule has 5 heteroatoms. The van der Waals surface area contributed by atoms with Gasteiger partial charge >= 0.3 is 0 Å². The van der Waals surface area contributed by atoms with Gasteiger partial charge in [0, 0.05) is 21.8 Å². The van der Waals surface area contributed by atoms with Crippen LogP contribution in [0.2, 0.25) is 0 Å². The SMILES string of the molecule is Cc1csc(CNc2nncc3ccccc23)n1. The van der Waals surface area contributed by atoms with Gasteiger partial charge < -0.3 is 5.32 Å². The molecule has 0 saturated carbocycles. The lowest BCUT2D eigenvalue weighted by Crippen LogP contribution is -2.02. The molecule has 0 aliphatic carbocycles. The third kappa shape index (κ3) is 2.17. The predicted octanol–water partition coefficient (Wildman–Crippen LogP) is 3.01. The Hall–Kier alpha value is -2.01. The lowest BCUT2D eigenvalue weighted by molar-refractivity contribution is 1.00. The fourth-order valence-electron chi connectivity index (χ4n) is 1.80. The highest BCUT2D eigenvalue weighted by Gasteiger charge is 2.04. The van der Waals surface area contributed by atoms with Crippen LogP contribution in [-0.2, 0) is 6.54 Å². The summed E-state index contributed by atoms with van der Waals surface area (Å²) in [7, 11) is 0. The van der Waals surface area contributed by atoms with Gasteiger partial charge in [-0.15, -0.1) is 16.4 Å². The van der Waals surface area contributed by atoms with Crippen molar-refractivity contribution in [1.82, 2.24) is 15.2 Å². The van der Waals surface area contributed by atoms with Crippen LogP contribution in [0.25, 0.3) is 10.8 Å². The maximum absolute atomic E-state index is 4.41. The van der Waals surface area contributed by atoms with Gasteiger partial charge in [-0.05, 0) is 6.92 Å². The first-order chi connectivity index (χ1) is 8.83. The fourth-order valence-corrected chi connectivity index (χ4v) is 2.51. The lowest BCUT2D eigenvalue weighted by atomic mass is 10.2. The third-order valence-electron chi connectivity index (χ3n) is 2.64. The molecule has 18 heavy (non-hydrogen) atoms. The van der Waals surface area contributed by atoms with Crippen LogP contribution in [-0.4, -0.2) is 15.2 Å². The molecule has 0 atom stereocenters. The summed E-state index contributed by atoms with van der Waals surface area (Å²) in [5, 5.41) is 16.7. The van der Waals surface area contributed by atoms with E-state index in [1.807, 2.05) is 36.6 Å². The van der Waals surface area contributed by atoms with E-state index < -0.39 is 0 Å². The topological polar surface area (TPSA) is 50.7 Å². The van der Waals surface area contributed by atoms with Gasteiger partial charge in [-0.3, -0.25) is 0 Å². The molecule has 0 aliphatic rings. The number of benzene rings is 1. The van der Waals surface area contributed by atoms with Crippen LogP contribution < -0.4 is 5.32 Å². The first-order valence-corrected chi connectivity index (χ1v) is 6.56. The zero-order valence-corrected chi connectivity index (χ0v) is 10.7. The summed E-state index contributed by atoms with van der Waals surface area (Å²) < 4.78 is 0. The van der Waals surface area contributed by atoms with Gasteiger partial charge in [0.1, 0.15) is 5.01 Å². The summed E-state index contributed by atoms with van der Waals surface area (Å²) in [4.78, 5) is 4.41. The van der Waals surface area contributed by atoms with Crippen molar-refractivity contribution in [3.63, 3.8) is 0 Å². The van der Waals surface area contributed by atoms with Crippen molar-refractivity contribution >= 4 is 27.9 Å². The standard InChI is InChI=1S/C13H12N4S/c1-9-8-18-12(16-9)7-14-13-11-5-3-2-4-10(11)6-15-17-13/h2-6,8H,7H2,1H3,(H,14,17). The van der Waals surface area contributed by atoms with Crippen molar-refractivity contribution < 1.29 is 0 Å². The van der Waals surface area contributed by atoms with E-state index in [2.05, 4.69) is 20.5 Å². The quantitative estimate of drug-likeness (QED) is 0.782. The summed E-state index contributed by atoms with van der Waals surface area (Å²) in [5.41, 5.74) is 1.06. The Morgan fingerprint density at radius 2 is 2.17 bits per heavy atom. The van der Waals surface area contributed by atoms with Crippen LogP contribution in [0.3, 0.4) is 0 Å². The summed E-state index contributed by atoms with van der Waals surface area (Å²) in [6.45, 7) is 2.68. The monoisotopic (exact) mass is 256 g/mol. The van der Waals surface area contributed by atoms with Crippen molar-refractivity contribution in [3.8, 4) is 0 Å². The van der Waals surface area contributed by atoms with Crippen LogP contribution in [0.5, 0.6) is 0 Å². The minimum absolute atomic E-state index is 0.682. The number of hydrogen-bond acceptors (Lipinski definition) is 5. The molecule has 4 nitrogen and oxygen atoms in total. The molecule has 1 N–H and O–H groups in total. The summed E-state index contributed by atoms with van der Waals surface area (Å²) >= 11 is 1.65. The van der Waals surface area contributed by atoms with Gasteiger partial charge in [0.25, 0.3) is 0 Å². The molecule has 2 aromatic heterocycles. The predicted molar refractivity (Wildman–Crippen MR) is 73.7 cm³/mol. The van der Waals surface area contributed by atoms with Crippen LogP contribution in [0.15, 0.2) is 35.8 Å². The molecule has 3 rings (SSSR count). The summed E-state index contributed by atoms with van der Waals surface area (Å²) in [6, 6.07) is 8.07. The molecule has 1 aromatic carbocycles. The number of anilines is 1. The number of rotatable bonds is 3. The molecule has 90 valence electrons. The Balaban J connectivity index is 1.86. The Morgan fingerprint density at radius 1 is 1.28 bits per heavy atom. The highest BCUT2D eigenvalue weighted by atomic mass is 32.1. The molecular weight excluding hydrogens is 244 g/mol. The minimum atomic E-state index is 0.682. The number of nitrogens with zero attached hydrogens (tertiary/aromatic N) is 3. The molecule has 0 aliphatic heterocycles. The van der Waals surface area contributed by atoms with E-state index >= 15 is 0 Å². The Morgan fingerprint density at radius 3 is 3.00 bits per heavy atom. The molecule has 0 spiro atoms. The first-order valence-electron chi connectivity index (χ1n) is 5.68. The van der Waals surface area contributed by atoms with Gasteiger partial charge in [0.2, 0.25) is 0 Å². The molecule has 0 bridgehead atoms. The van der Waals surface area contributed by atoms with Crippen molar-refractivity contribution in [3.05, 3.63) is 46.5 Å². The van der Waals surface area contributed by atoms with Crippen LogP contribution >= 0.6 is 11.3 Å². The fraction of sp³-hybridized carbons (Fsp3) is 0.154. The number of thiazole rings is 1. The zero-order valence-electron chi connectivity index (χ0n) is 9.92. The van der Waals surface area contributed by atoms with Crippen molar-refractivity contribution in [1.29, 1.82) is 0 Å². The average Bonchev–Trinajstić information content (AvgIpc) is 2.82. The van der Waals surface area contributed by atoms with Gasteiger partial charge in [0.05, 0.1) is 12.7 Å². The molecule has 0 fully saturated rings. The summed E-state index contributed by atoms with van der Waals surface area (Å²) in [5.74, 6) is 0.806. The molecule has 0 unspecified atom stereocenters. The van der Waals surface area contributed by atoms with Crippen molar-refractivity contribution in [2.75, 3.05) is 5.32 Å². The van der Waals surface area contributed by atoms with E-state index in [0.717, 1.165) is 27.3 Å². The molecule has 0 saturated heterocycles. The second-order valence-electron chi connectivity index (χ2n) is 4.02. The van der Waals surface area contributed by atoms with Crippen LogP contribution in [0.4, 0.5) is 5.82 Å². The molecule has 2 heterocycles. The van der Waals surface area contributed by atoms with Gasteiger partial charge in [-0.25, -0.2) is 4.98 Å². The molecule has 3 aromatic rings. The van der Waals surface area contributed by atoms with Crippen molar-refractivity contribution in [2.24, 2.45) is 0 Å². The van der Waals surface area contributed by atoms with E-state index in [9.17, 15) is 0 Å². The second kappa shape index (κ2) is 4.70. The first kappa shape index (κ1) is 11.1. The van der Waals surface area contributed by atoms with E-state index in [1.165, 1.54) is 0 Å². The Kier molecular flexibility index (Phi) is 2.90. The summed E-state index contributed by atoms with van der Waals surface area (Å²) in [6.07, 6.45) is 1.77. The van der Waals surface area contributed by atoms with E-state index in [-0.39, 0.29) is 0 Å². The van der Waals surface area contributed by atoms with Crippen molar-refractivity contribution in [2.45, 2.75) is 13.5 Å². The Bertz CT molecular complexity index is 672. The number of hydrogen-bond donors (Lipinski definition) is 1. The molecular formula is C13H12N4S. The van der Waals surface area contributed by atoms with E-state index in [1.54, 1.807) is 17.5 Å². The van der Waals surface area contributed by atoms with E-state index in [0.29, 0.717) is 6.54 Å². The number of aromatic nitrogens is 3. The highest BCUT2D eigenvalue weighted by molar-refractivity contribution is 7.09.